The van der Waals surface area contributed by atoms with Gasteiger partial charge in [-0.25, -0.2) is 4.98 Å². The van der Waals surface area contributed by atoms with Crippen LogP contribution in [0.15, 0.2) is 41.7 Å². The zero-order valence-electron chi connectivity index (χ0n) is 12.4. The first kappa shape index (κ1) is 14.4. The third-order valence-electron chi connectivity index (χ3n) is 4.00. The van der Waals surface area contributed by atoms with Crippen molar-refractivity contribution >= 4 is 28.6 Å². The highest BCUT2D eigenvalue weighted by Gasteiger charge is 2.28. The van der Waals surface area contributed by atoms with Crippen molar-refractivity contribution in [1.82, 2.24) is 9.97 Å². The number of benzene rings is 1. The number of carbonyl (C=O) groups excluding carboxylic acids is 1. The molecular weight excluding hydrogens is 276 g/mol. The molecule has 1 aliphatic carbocycles. The van der Waals surface area contributed by atoms with Crippen LogP contribution in [0, 0.1) is 5.92 Å². The summed E-state index contributed by atoms with van der Waals surface area (Å²) in [4.78, 5) is 24.3. The van der Waals surface area contributed by atoms with Crippen LogP contribution in [0.5, 0.6) is 0 Å². The molecule has 0 spiro atoms. The van der Waals surface area contributed by atoms with Gasteiger partial charge in [0.15, 0.2) is 0 Å². The van der Waals surface area contributed by atoms with Gasteiger partial charge in [0, 0.05) is 23.4 Å². The van der Waals surface area contributed by atoms with Crippen LogP contribution in [0.2, 0.25) is 0 Å². The Kier molecular flexibility index (Phi) is 3.96. The number of nitrogens with zero attached hydrogens (tertiary/aromatic N) is 3. The smallest absolute Gasteiger partial charge is 0.123 e. The molecule has 0 radical (unpaired) electrons. The van der Waals surface area contributed by atoms with Crippen molar-refractivity contribution in [3.8, 4) is 0 Å². The number of rotatable bonds is 4. The van der Waals surface area contributed by atoms with Gasteiger partial charge in [0.2, 0.25) is 0 Å². The first-order valence-corrected chi connectivity index (χ1v) is 7.35. The van der Waals surface area contributed by atoms with Crippen molar-refractivity contribution in [3.63, 3.8) is 0 Å². The van der Waals surface area contributed by atoms with E-state index in [1.54, 1.807) is 6.20 Å². The van der Waals surface area contributed by atoms with Crippen molar-refractivity contribution in [2.45, 2.75) is 25.8 Å². The molecule has 0 aliphatic heterocycles. The molecule has 5 heteroatoms. The van der Waals surface area contributed by atoms with Gasteiger partial charge in [-0.2, -0.15) is 0 Å². The highest BCUT2D eigenvalue weighted by Crippen LogP contribution is 2.29. The minimum atomic E-state index is 0.160. The summed E-state index contributed by atoms with van der Waals surface area (Å²) in [6, 6.07) is 7.92. The summed E-state index contributed by atoms with van der Waals surface area (Å²) in [6.07, 6.45) is 5.89. The van der Waals surface area contributed by atoms with E-state index in [9.17, 15) is 4.79 Å². The quantitative estimate of drug-likeness (QED) is 0.693. The average Bonchev–Trinajstić information content (AvgIpc) is 2.51. The van der Waals surface area contributed by atoms with Gasteiger partial charge in [0.05, 0.1) is 29.0 Å². The molecular formula is C17H18N4O. The molecule has 0 bridgehead atoms. The Labute approximate surface area is 129 Å². The summed E-state index contributed by atoms with van der Waals surface area (Å²) >= 11 is 0. The normalized spacial score (nSPS) is 22.4. The largest absolute Gasteiger partial charge is 0.404 e. The SMILES string of the molecule is CC(=NC1CC(C=O)C1)C(=CN)c1cnc2ccccc2n1. The van der Waals surface area contributed by atoms with Gasteiger partial charge < -0.3 is 10.5 Å². The van der Waals surface area contributed by atoms with Crippen LogP contribution in [0.3, 0.4) is 0 Å². The molecule has 112 valence electrons. The molecule has 1 heterocycles. The maximum absolute atomic E-state index is 10.7. The molecule has 0 unspecified atom stereocenters. The van der Waals surface area contributed by atoms with Gasteiger partial charge in [-0.05, 0) is 31.9 Å². The van der Waals surface area contributed by atoms with Crippen molar-refractivity contribution < 1.29 is 4.79 Å². The van der Waals surface area contributed by atoms with Crippen LogP contribution < -0.4 is 5.73 Å². The number of aliphatic imine (C=N–C) groups is 1. The number of allylic oxidation sites excluding steroid dienone is 1. The van der Waals surface area contributed by atoms with E-state index in [2.05, 4.69) is 15.0 Å². The minimum absolute atomic E-state index is 0.160. The molecule has 1 fully saturated rings. The predicted molar refractivity (Wildman–Crippen MR) is 87.4 cm³/mol. The molecule has 0 atom stereocenters. The van der Waals surface area contributed by atoms with E-state index in [4.69, 9.17) is 5.73 Å². The Hall–Kier alpha value is -2.56. The topological polar surface area (TPSA) is 81.2 Å². The Balaban J connectivity index is 1.86. The van der Waals surface area contributed by atoms with Gasteiger partial charge in [0.1, 0.15) is 6.29 Å². The van der Waals surface area contributed by atoms with Gasteiger partial charge >= 0.3 is 0 Å². The maximum Gasteiger partial charge on any atom is 0.123 e. The number of nitrogens with two attached hydrogens (primary N) is 1. The zero-order chi connectivity index (χ0) is 15.5. The molecule has 5 nitrogen and oxygen atoms in total. The van der Waals surface area contributed by atoms with Crippen molar-refractivity contribution in [1.29, 1.82) is 0 Å². The van der Waals surface area contributed by atoms with E-state index in [1.165, 1.54) is 6.20 Å². The minimum Gasteiger partial charge on any atom is -0.404 e. The van der Waals surface area contributed by atoms with E-state index in [0.29, 0.717) is 5.69 Å². The maximum atomic E-state index is 10.7. The fourth-order valence-corrected chi connectivity index (χ4v) is 2.67. The van der Waals surface area contributed by atoms with Crippen molar-refractivity contribution in [2.24, 2.45) is 16.6 Å². The molecule has 2 aromatic rings. The highest BCUT2D eigenvalue weighted by molar-refractivity contribution is 6.22. The molecule has 2 N–H and O–H groups in total. The van der Waals surface area contributed by atoms with Crippen LogP contribution in [-0.4, -0.2) is 28.0 Å². The lowest BCUT2D eigenvalue weighted by atomic mass is 9.81. The average molecular weight is 294 g/mol. The molecule has 1 saturated carbocycles. The Morgan fingerprint density at radius 2 is 2.05 bits per heavy atom. The number of fused-ring (bicyclic) bond motifs is 1. The molecule has 22 heavy (non-hydrogen) atoms. The second kappa shape index (κ2) is 6.05. The molecule has 0 amide bonds. The third-order valence-corrected chi connectivity index (χ3v) is 4.00. The molecule has 1 aromatic carbocycles. The summed E-state index contributed by atoms with van der Waals surface area (Å²) in [5.41, 5.74) is 9.79. The van der Waals surface area contributed by atoms with Gasteiger partial charge in [-0.15, -0.1) is 0 Å². The summed E-state index contributed by atoms with van der Waals surface area (Å²) in [6.45, 7) is 1.92. The van der Waals surface area contributed by atoms with Crippen molar-refractivity contribution in [2.75, 3.05) is 0 Å². The summed E-state index contributed by atoms with van der Waals surface area (Å²) in [7, 11) is 0. The van der Waals surface area contributed by atoms with Crippen LogP contribution in [0.25, 0.3) is 16.6 Å². The monoisotopic (exact) mass is 294 g/mol. The lowest BCUT2D eigenvalue weighted by Gasteiger charge is -2.28. The number of hydrogen-bond donors (Lipinski definition) is 1. The fourth-order valence-electron chi connectivity index (χ4n) is 2.67. The molecule has 1 aliphatic rings. The van der Waals surface area contributed by atoms with Crippen molar-refractivity contribution in [3.05, 3.63) is 42.4 Å². The summed E-state index contributed by atoms with van der Waals surface area (Å²) in [5.74, 6) is 0.160. The van der Waals surface area contributed by atoms with Crippen LogP contribution in [-0.2, 0) is 4.79 Å². The van der Waals surface area contributed by atoms with E-state index >= 15 is 0 Å². The second-order valence-electron chi connectivity index (χ2n) is 5.56. The standard InChI is InChI=1S/C17H18N4O/c1-11(20-13-6-12(7-13)10-22)14(8-18)17-9-19-15-4-2-3-5-16(15)21-17/h2-5,8-10,12-13H,6-7,18H2,1H3. The Morgan fingerprint density at radius 3 is 2.73 bits per heavy atom. The molecule has 0 saturated heterocycles. The highest BCUT2D eigenvalue weighted by atomic mass is 16.1. The Morgan fingerprint density at radius 1 is 1.32 bits per heavy atom. The van der Waals surface area contributed by atoms with E-state index in [-0.39, 0.29) is 12.0 Å². The van der Waals surface area contributed by atoms with Crippen LogP contribution in [0.4, 0.5) is 0 Å². The number of hydrogen-bond acceptors (Lipinski definition) is 5. The first-order valence-electron chi connectivity index (χ1n) is 7.35. The zero-order valence-corrected chi connectivity index (χ0v) is 12.4. The number of aldehydes is 1. The predicted octanol–water partition coefficient (Wildman–Crippen LogP) is 2.37. The fraction of sp³-hybridized carbons (Fsp3) is 0.294. The van der Waals surface area contributed by atoms with E-state index < -0.39 is 0 Å². The lowest BCUT2D eigenvalue weighted by molar-refractivity contribution is -0.113. The summed E-state index contributed by atoms with van der Waals surface area (Å²) < 4.78 is 0. The van der Waals surface area contributed by atoms with Gasteiger partial charge in [-0.3, -0.25) is 9.98 Å². The van der Waals surface area contributed by atoms with Crippen LogP contribution >= 0.6 is 0 Å². The molecule has 1 aromatic heterocycles. The number of carbonyl (C=O) groups is 1. The van der Waals surface area contributed by atoms with Gasteiger partial charge in [-0.1, -0.05) is 12.1 Å². The third kappa shape index (κ3) is 2.74. The second-order valence-corrected chi connectivity index (χ2v) is 5.56. The van der Waals surface area contributed by atoms with Crippen LogP contribution in [0.1, 0.15) is 25.5 Å². The Bertz CT molecular complexity index is 760. The number of aromatic nitrogens is 2. The molecule has 3 rings (SSSR count). The number of para-hydroxylation sites is 2. The van der Waals surface area contributed by atoms with Gasteiger partial charge in [0.25, 0.3) is 0 Å². The lowest BCUT2D eigenvalue weighted by Crippen LogP contribution is -2.29. The van der Waals surface area contributed by atoms with E-state index in [1.807, 2.05) is 31.2 Å². The van der Waals surface area contributed by atoms with E-state index in [0.717, 1.165) is 41.4 Å². The summed E-state index contributed by atoms with van der Waals surface area (Å²) in [5, 5.41) is 0. The first-order chi connectivity index (χ1) is 10.7.